The molecule has 0 aromatic heterocycles. The van der Waals surface area contributed by atoms with E-state index in [1.807, 2.05) is 0 Å². The quantitative estimate of drug-likeness (QED) is 0.853. The minimum atomic E-state index is -0.721. The number of hydrogen-bond acceptors (Lipinski definition) is 3. The van der Waals surface area contributed by atoms with Crippen LogP contribution in [0.2, 0.25) is 0 Å². The van der Waals surface area contributed by atoms with E-state index >= 15 is 0 Å². The van der Waals surface area contributed by atoms with Crippen molar-refractivity contribution in [2.75, 3.05) is 25.1 Å². The summed E-state index contributed by atoms with van der Waals surface area (Å²) < 4.78 is 31.6. The van der Waals surface area contributed by atoms with Gasteiger partial charge in [-0.05, 0) is 30.3 Å². The van der Waals surface area contributed by atoms with Crippen LogP contribution < -0.4 is 4.90 Å². The molecular formula is C17H19F2NO2. The lowest BCUT2D eigenvalue weighted by Crippen LogP contribution is -2.32. The van der Waals surface area contributed by atoms with Crippen LogP contribution in [0.4, 0.5) is 14.5 Å². The Morgan fingerprint density at radius 3 is 2.45 bits per heavy atom. The number of nitrogens with zero attached hydrogens (tertiary/aromatic N) is 1. The zero-order valence-electron chi connectivity index (χ0n) is 12.4. The maximum absolute atomic E-state index is 13.4. The van der Waals surface area contributed by atoms with Gasteiger partial charge in [-0.2, -0.15) is 0 Å². The van der Waals surface area contributed by atoms with Gasteiger partial charge in [0, 0.05) is 24.8 Å². The second-order valence-electron chi connectivity index (χ2n) is 5.12. The summed E-state index contributed by atoms with van der Waals surface area (Å²) in [7, 11) is 1.80. The van der Waals surface area contributed by atoms with Gasteiger partial charge in [-0.1, -0.05) is 18.2 Å². The summed E-state index contributed by atoms with van der Waals surface area (Å²) in [5, 5.41) is 9.95. The fourth-order valence-corrected chi connectivity index (χ4v) is 2.09. The summed E-state index contributed by atoms with van der Waals surface area (Å²) in [6.45, 7) is 0.548. The summed E-state index contributed by atoms with van der Waals surface area (Å²) in [6.07, 6.45) is -0.721. The monoisotopic (exact) mass is 307 g/mol. The molecule has 2 aromatic rings. The molecule has 0 spiro atoms. The van der Waals surface area contributed by atoms with E-state index in [4.69, 9.17) is 4.74 Å². The Balaban J connectivity index is 1.77. The average Bonchev–Trinajstić information content (AvgIpc) is 2.50. The highest BCUT2D eigenvalue weighted by Crippen LogP contribution is 2.13. The molecule has 0 aliphatic rings. The summed E-state index contributed by atoms with van der Waals surface area (Å²) >= 11 is 0. The second kappa shape index (κ2) is 7.87. The number of hydrogen-bond donors (Lipinski definition) is 1. The van der Waals surface area contributed by atoms with Gasteiger partial charge in [0.15, 0.2) is 0 Å². The minimum Gasteiger partial charge on any atom is -0.389 e. The molecular weight excluding hydrogens is 288 g/mol. The Labute approximate surface area is 128 Å². The highest BCUT2D eigenvalue weighted by atomic mass is 19.1. The van der Waals surface area contributed by atoms with Crippen LogP contribution in [0.5, 0.6) is 0 Å². The maximum atomic E-state index is 13.4. The highest BCUT2D eigenvalue weighted by molar-refractivity contribution is 5.45. The van der Waals surface area contributed by atoms with Gasteiger partial charge < -0.3 is 14.7 Å². The van der Waals surface area contributed by atoms with Gasteiger partial charge in [-0.3, -0.25) is 0 Å². The molecule has 118 valence electrons. The third-order valence-corrected chi connectivity index (χ3v) is 3.28. The molecule has 0 aliphatic heterocycles. The fourth-order valence-electron chi connectivity index (χ4n) is 2.09. The molecule has 5 heteroatoms. The molecule has 0 saturated carbocycles. The summed E-state index contributed by atoms with van der Waals surface area (Å²) in [5.74, 6) is -0.619. The highest BCUT2D eigenvalue weighted by Gasteiger charge is 2.10. The Bertz CT molecular complexity index is 589. The third-order valence-electron chi connectivity index (χ3n) is 3.28. The molecule has 0 bridgehead atoms. The molecule has 0 radical (unpaired) electrons. The molecule has 22 heavy (non-hydrogen) atoms. The molecule has 0 amide bonds. The fraction of sp³-hybridized carbons (Fsp3) is 0.294. The molecule has 3 nitrogen and oxygen atoms in total. The number of aliphatic hydroxyl groups excluding tert-OH is 1. The first-order valence-electron chi connectivity index (χ1n) is 7.02. The molecule has 1 N–H and O–H groups in total. The van der Waals surface area contributed by atoms with E-state index in [2.05, 4.69) is 0 Å². The Morgan fingerprint density at radius 2 is 1.77 bits per heavy atom. The van der Waals surface area contributed by atoms with E-state index in [9.17, 15) is 13.9 Å². The van der Waals surface area contributed by atoms with Gasteiger partial charge in [-0.25, -0.2) is 8.78 Å². The molecule has 0 heterocycles. The van der Waals surface area contributed by atoms with Crippen molar-refractivity contribution in [1.29, 1.82) is 0 Å². The number of likely N-dealkylation sites (N-methyl/N-ethyl adjacent to an activating group) is 1. The summed E-state index contributed by atoms with van der Waals surface area (Å²) in [4.78, 5) is 1.80. The first kappa shape index (κ1) is 16.4. The normalized spacial score (nSPS) is 12.2. The van der Waals surface area contributed by atoms with Crippen molar-refractivity contribution >= 4 is 5.69 Å². The van der Waals surface area contributed by atoms with Crippen molar-refractivity contribution in [3.63, 3.8) is 0 Å². The van der Waals surface area contributed by atoms with E-state index in [0.717, 1.165) is 5.69 Å². The molecule has 2 aromatic carbocycles. The van der Waals surface area contributed by atoms with Crippen LogP contribution in [0.15, 0.2) is 48.5 Å². The first-order chi connectivity index (χ1) is 10.6. The van der Waals surface area contributed by atoms with Crippen molar-refractivity contribution in [2.24, 2.45) is 0 Å². The van der Waals surface area contributed by atoms with Crippen LogP contribution >= 0.6 is 0 Å². The van der Waals surface area contributed by atoms with Crippen molar-refractivity contribution in [2.45, 2.75) is 12.7 Å². The number of anilines is 1. The Kier molecular flexibility index (Phi) is 5.86. The zero-order chi connectivity index (χ0) is 15.9. The Hall–Kier alpha value is -1.98. The van der Waals surface area contributed by atoms with Crippen LogP contribution in [0.3, 0.4) is 0 Å². The number of ether oxygens (including phenoxy) is 1. The minimum absolute atomic E-state index is 0.0971. The molecule has 2 rings (SSSR count). The van der Waals surface area contributed by atoms with E-state index in [1.165, 1.54) is 18.2 Å². The third kappa shape index (κ3) is 4.79. The van der Waals surface area contributed by atoms with Gasteiger partial charge in [-0.15, -0.1) is 0 Å². The predicted molar refractivity (Wildman–Crippen MR) is 81.7 cm³/mol. The lowest BCUT2D eigenvalue weighted by molar-refractivity contribution is 0.0314. The lowest BCUT2D eigenvalue weighted by Gasteiger charge is -2.22. The molecule has 1 atom stereocenters. The van der Waals surface area contributed by atoms with E-state index in [1.54, 1.807) is 42.3 Å². The predicted octanol–water partition coefficient (Wildman–Crippen LogP) is 2.98. The van der Waals surface area contributed by atoms with E-state index in [0.29, 0.717) is 12.1 Å². The van der Waals surface area contributed by atoms with Crippen LogP contribution in [0.25, 0.3) is 0 Å². The lowest BCUT2D eigenvalue weighted by atomic mass is 10.2. The van der Waals surface area contributed by atoms with Crippen LogP contribution in [-0.4, -0.2) is 31.4 Å². The molecule has 1 unspecified atom stereocenters. The maximum Gasteiger partial charge on any atom is 0.128 e. The molecule has 0 fully saturated rings. The van der Waals surface area contributed by atoms with Gasteiger partial charge >= 0.3 is 0 Å². The number of rotatable bonds is 7. The van der Waals surface area contributed by atoms with E-state index < -0.39 is 6.10 Å². The van der Waals surface area contributed by atoms with E-state index in [-0.39, 0.29) is 24.8 Å². The van der Waals surface area contributed by atoms with Crippen molar-refractivity contribution in [1.82, 2.24) is 0 Å². The first-order valence-corrected chi connectivity index (χ1v) is 7.02. The van der Waals surface area contributed by atoms with Crippen molar-refractivity contribution < 1.29 is 18.6 Å². The van der Waals surface area contributed by atoms with Gasteiger partial charge in [0.25, 0.3) is 0 Å². The van der Waals surface area contributed by atoms with Crippen LogP contribution in [0, 0.1) is 11.6 Å². The van der Waals surface area contributed by atoms with Crippen molar-refractivity contribution in [3.05, 3.63) is 65.7 Å². The second-order valence-corrected chi connectivity index (χ2v) is 5.12. The SMILES string of the molecule is CN(CC(O)COCc1ccccc1F)c1ccc(F)cc1. The van der Waals surface area contributed by atoms with Crippen molar-refractivity contribution in [3.8, 4) is 0 Å². The summed E-state index contributed by atoms with van der Waals surface area (Å²) in [5.41, 5.74) is 1.26. The van der Waals surface area contributed by atoms with Crippen LogP contribution in [-0.2, 0) is 11.3 Å². The Morgan fingerprint density at radius 1 is 1.09 bits per heavy atom. The standard InChI is InChI=1S/C17H19F2NO2/c1-20(15-8-6-14(18)7-9-15)10-16(21)12-22-11-13-4-2-3-5-17(13)19/h2-9,16,21H,10-12H2,1H3. The van der Waals surface area contributed by atoms with Gasteiger partial charge in [0.05, 0.1) is 19.3 Å². The topological polar surface area (TPSA) is 32.7 Å². The molecule has 0 aliphatic carbocycles. The average molecular weight is 307 g/mol. The summed E-state index contributed by atoms with van der Waals surface area (Å²) in [6, 6.07) is 12.4. The number of halogens is 2. The number of benzene rings is 2. The number of aliphatic hydroxyl groups is 1. The van der Waals surface area contributed by atoms with Gasteiger partial charge in [0.2, 0.25) is 0 Å². The van der Waals surface area contributed by atoms with Gasteiger partial charge in [0.1, 0.15) is 11.6 Å². The zero-order valence-corrected chi connectivity index (χ0v) is 12.4. The largest absolute Gasteiger partial charge is 0.389 e. The van der Waals surface area contributed by atoms with Crippen LogP contribution in [0.1, 0.15) is 5.56 Å². The smallest absolute Gasteiger partial charge is 0.128 e. The molecule has 0 saturated heterocycles.